The van der Waals surface area contributed by atoms with Crippen molar-refractivity contribution >= 4 is 17.5 Å². The van der Waals surface area contributed by atoms with E-state index >= 15 is 0 Å². The molecule has 2 N–H and O–H groups in total. The first-order valence-corrected chi connectivity index (χ1v) is 4.91. The monoisotopic (exact) mass is 230 g/mol. The molecule has 5 heteroatoms. The standard InChI is InChI=1S/C10H12ClFN2O/c1-13-14-10(15)5-2-7-6-8(11)3-4-9(7)12/h3-4,6,13H,2,5H2,1H3,(H,14,15). The Hall–Kier alpha value is -1.13. The van der Waals surface area contributed by atoms with Gasteiger partial charge in [-0.3, -0.25) is 10.2 Å². The molecule has 0 spiro atoms. The number of amides is 1. The minimum Gasteiger partial charge on any atom is -0.292 e. The smallest absolute Gasteiger partial charge is 0.234 e. The van der Waals surface area contributed by atoms with E-state index in [1.165, 1.54) is 18.2 Å². The summed E-state index contributed by atoms with van der Waals surface area (Å²) >= 11 is 5.71. The molecule has 0 fully saturated rings. The van der Waals surface area contributed by atoms with Gasteiger partial charge < -0.3 is 0 Å². The van der Waals surface area contributed by atoms with E-state index in [-0.39, 0.29) is 18.1 Å². The highest BCUT2D eigenvalue weighted by atomic mass is 35.5. The van der Waals surface area contributed by atoms with Crippen LogP contribution in [0.4, 0.5) is 4.39 Å². The predicted molar refractivity (Wildman–Crippen MR) is 56.9 cm³/mol. The van der Waals surface area contributed by atoms with Gasteiger partial charge in [0.25, 0.3) is 0 Å². The lowest BCUT2D eigenvalue weighted by Crippen LogP contribution is -2.34. The van der Waals surface area contributed by atoms with Crippen molar-refractivity contribution in [2.24, 2.45) is 0 Å². The van der Waals surface area contributed by atoms with Crippen molar-refractivity contribution in [3.63, 3.8) is 0 Å². The summed E-state index contributed by atoms with van der Waals surface area (Å²) < 4.78 is 13.2. The molecule has 0 saturated heterocycles. The van der Waals surface area contributed by atoms with Gasteiger partial charge in [0.1, 0.15) is 5.82 Å². The van der Waals surface area contributed by atoms with E-state index in [4.69, 9.17) is 11.6 Å². The second-order valence-corrected chi connectivity index (χ2v) is 3.47. The van der Waals surface area contributed by atoms with E-state index in [0.29, 0.717) is 17.0 Å². The van der Waals surface area contributed by atoms with Gasteiger partial charge in [-0.2, -0.15) is 0 Å². The second-order valence-electron chi connectivity index (χ2n) is 3.03. The SMILES string of the molecule is CNNC(=O)CCc1cc(Cl)ccc1F. The number of aryl methyl sites for hydroxylation is 1. The van der Waals surface area contributed by atoms with Gasteiger partial charge in [0, 0.05) is 18.5 Å². The third-order valence-electron chi connectivity index (χ3n) is 1.89. The molecular formula is C10H12ClFN2O. The summed E-state index contributed by atoms with van der Waals surface area (Å²) in [5.41, 5.74) is 5.37. The lowest BCUT2D eigenvalue weighted by Gasteiger charge is -2.04. The van der Waals surface area contributed by atoms with Gasteiger partial charge in [0.05, 0.1) is 0 Å². The fourth-order valence-electron chi connectivity index (χ4n) is 1.19. The molecule has 0 unspecified atom stereocenters. The fourth-order valence-corrected chi connectivity index (χ4v) is 1.38. The Labute approximate surface area is 92.6 Å². The van der Waals surface area contributed by atoms with Crippen molar-refractivity contribution in [2.75, 3.05) is 7.05 Å². The normalized spacial score (nSPS) is 10.1. The maximum Gasteiger partial charge on any atom is 0.234 e. The number of benzene rings is 1. The van der Waals surface area contributed by atoms with Crippen LogP contribution in [0.2, 0.25) is 5.02 Å². The minimum atomic E-state index is -0.336. The molecule has 3 nitrogen and oxygen atoms in total. The molecule has 0 aliphatic carbocycles. The third-order valence-corrected chi connectivity index (χ3v) is 2.13. The van der Waals surface area contributed by atoms with Crippen LogP contribution in [0.1, 0.15) is 12.0 Å². The molecule has 0 aromatic heterocycles. The van der Waals surface area contributed by atoms with Gasteiger partial charge in [0.2, 0.25) is 5.91 Å². The highest BCUT2D eigenvalue weighted by molar-refractivity contribution is 6.30. The van der Waals surface area contributed by atoms with Crippen LogP contribution in [0, 0.1) is 5.82 Å². The zero-order chi connectivity index (χ0) is 11.3. The number of halogens is 2. The number of nitrogens with one attached hydrogen (secondary N) is 2. The minimum absolute atomic E-state index is 0.183. The molecule has 1 aromatic rings. The van der Waals surface area contributed by atoms with E-state index in [2.05, 4.69) is 10.9 Å². The zero-order valence-corrected chi connectivity index (χ0v) is 9.07. The Balaban J connectivity index is 2.57. The molecule has 0 aliphatic rings. The Bertz CT molecular complexity index is 357. The van der Waals surface area contributed by atoms with Crippen molar-refractivity contribution < 1.29 is 9.18 Å². The molecular weight excluding hydrogens is 219 g/mol. The Morgan fingerprint density at radius 3 is 2.93 bits per heavy atom. The molecule has 0 radical (unpaired) electrons. The lowest BCUT2D eigenvalue weighted by atomic mass is 10.1. The quantitative estimate of drug-likeness (QED) is 0.773. The van der Waals surface area contributed by atoms with Crippen LogP contribution < -0.4 is 10.9 Å². The highest BCUT2D eigenvalue weighted by Gasteiger charge is 2.06. The van der Waals surface area contributed by atoms with Crippen LogP contribution in [-0.4, -0.2) is 13.0 Å². The molecule has 0 bridgehead atoms. The Morgan fingerprint density at radius 1 is 1.53 bits per heavy atom. The average Bonchev–Trinajstić information content (AvgIpc) is 2.20. The van der Waals surface area contributed by atoms with Crippen LogP contribution in [0.25, 0.3) is 0 Å². The van der Waals surface area contributed by atoms with E-state index in [0.717, 1.165) is 0 Å². The fraction of sp³-hybridized carbons (Fsp3) is 0.300. The first-order chi connectivity index (χ1) is 7.13. The van der Waals surface area contributed by atoms with E-state index in [1.807, 2.05) is 0 Å². The number of rotatable bonds is 4. The Morgan fingerprint density at radius 2 is 2.27 bits per heavy atom. The van der Waals surface area contributed by atoms with Gasteiger partial charge in [-0.05, 0) is 30.2 Å². The molecule has 1 aromatic carbocycles. The van der Waals surface area contributed by atoms with Crippen molar-refractivity contribution in [3.05, 3.63) is 34.6 Å². The first kappa shape index (κ1) is 11.9. The highest BCUT2D eigenvalue weighted by Crippen LogP contribution is 2.16. The predicted octanol–water partition coefficient (Wildman–Crippen LogP) is 1.66. The number of hydrazine groups is 1. The first-order valence-electron chi connectivity index (χ1n) is 4.53. The summed E-state index contributed by atoms with van der Waals surface area (Å²) in [5, 5.41) is 0.473. The van der Waals surface area contributed by atoms with E-state index < -0.39 is 0 Å². The number of hydrogen-bond donors (Lipinski definition) is 2. The molecule has 0 saturated carbocycles. The van der Waals surface area contributed by atoms with Gasteiger partial charge >= 0.3 is 0 Å². The number of hydrogen-bond acceptors (Lipinski definition) is 2. The molecule has 82 valence electrons. The van der Waals surface area contributed by atoms with Crippen LogP contribution in [0.15, 0.2) is 18.2 Å². The lowest BCUT2D eigenvalue weighted by molar-refractivity contribution is -0.121. The number of carbonyl (C=O) groups is 1. The molecule has 0 atom stereocenters. The van der Waals surface area contributed by atoms with Gasteiger partial charge in [-0.1, -0.05) is 11.6 Å². The Kier molecular flexibility index (Phi) is 4.52. The molecule has 1 rings (SSSR count). The van der Waals surface area contributed by atoms with E-state index in [9.17, 15) is 9.18 Å². The second kappa shape index (κ2) is 5.68. The van der Waals surface area contributed by atoms with Crippen LogP contribution in [0.3, 0.4) is 0 Å². The summed E-state index contributed by atoms with van der Waals surface area (Å²) in [6.45, 7) is 0. The number of carbonyl (C=O) groups excluding carboxylic acids is 1. The summed E-state index contributed by atoms with van der Waals surface area (Å²) in [7, 11) is 1.60. The summed E-state index contributed by atoms with van der Waals surface area (Å²) in [5.74, 6) is -0.520. The summed E-state index contributed by atoms with van der Waals surface area (Å²) in [6, 6.07) is 4.31. The van der Waals surface area contributed by atoms with Crippen molar-refractivity contribution in [1.29, 1.82) is 0 Å². The third kappa shape index (κ3) is 3.85. The maximum atomic E-state index is 13.2. The van der Waals surface area contributed by atoms with Gasteiger partial charge in [-0.15, -0.1) is 0 Å². The van der Waals surface area contributed by atoms with Crippen LogP contribution in [-0.2, 0) is 11.2 Å². The largest absolute Gasteiger partial charge is 0.292 e. The van der Waals surface area contributed by atoms with E-state index in [1.54, 1.807) is 7.05 Å². The molecule has 1 amide bonds. The molecule has 0 heterocycles. The van der Waals surface area contributed by atoms with Crippen molar-refractivity contribution in [1.82, 2.24) is 10.9 Å². The topological polar surface area (TPSA) is 41.1 Å². The molecule has 0 aliphatic heterocycles. The van der Waals surface area contributed by atoms with Crippen molar-refractivity contribution in [3.8, 4) is 0 Å². The zero-order valence-electron chi connectivity index (χ0n) is 8.31. The molecule has 15 heavy (non-hydrogen) atoms. The van der Waals surface area contributed by atoms with Gasteiger partial charge in [0.15, 0.2) is 0 Å². The van der Waals surface area contributed by atoms with Crippen molar-refractivity contribution in [2.45, 2.75) is 12.8 Å². The summed E-state index contributed by atoms with van der Waals surface area (Å²) in [6.07, 6.45) is 0.554. The maximum absolute atomic E-state index is 13.2. The summed E-state index contributed by atoms with van der Waals surface area (Å²) in [4.78, 5) is 11.1. The average molecular weight is 231 g/mol. The van der Waals surface area contributed by atoms with Gasteiger partial charge in [-0.25, -0.2) is 9.82 Å². The van der Waals surface area contributed by atoms with Crippen LogP contribution in [0.5, 0.6) is 0 Å². The van der Waals surface area contributed by atoms with Crippen LogP contribution >= 0.6 is 11.6 Å².